The lowest BCUT2D eigenvalue weighted by atomic mass is 10.0. The molecule has 1 aliphatic heterocycles. The Balaban J connectivity index is 1.37. The van der Waals surface area contributed by atoms with Crippen molar-refractivity contribution in [3.63, 3.8) is 0 Å². The van der Waals surface area contributed by atoms with E-state index >= 15 is 0 Å². The van der Waals surface area contributed by atoms with E-state index in [1.165, 1.54) is 25.7 Å². The molecule has 0 unspecified atom stereocenters. The average molecular weight is 290 g/mol. The molecule has 116 valence electrons. The maximum Gasteiger partial charge on any atom is 0.222 e. The molecule has 21 heavy (non-hydrogen) atoms. The molecule has 2 fully saturated rings. The van der Waals surface area contributed by atoms with Gasteiger partial charge in [0.1, 0.15) is 0 Å². The lowest BCUT2D eigenvalue weighted by Crippen LogP contribution is -2.49. The molecule has 1 aromatic rings. The van der Waals surface area contributed by atoms with Gasteiger partial charge in [-0.3, -0.25) is 9.69 Å². The van der Waals surface area contributed by atoms with E-state index < -0.39 is 0 Å². The fraction of sp³-hybridized carbons (Fsp3) is 0.750. The maximum atomic E-state index is 12.3. The number of aromatic nitrogens is 2. The van der Waals surface area contributed by atoms with Crippen molar-refractivity contribution >= 4 is 5.91 Å². The molecule has 0 atom stereocenters. The summed E-state index contributed by atoms with van der Waals surface area (Å²) < 4.78 is 2.11. The van der Waals surface area contributed by atoms with Crippen LogP contribution >= 0.6 is 0 Å². The fourth-order valence-corrected chi connectivity index (χ4v) is 3.49. The second kappa shape index (κ2) is 7.07. The molecule has 1 aliphatic carbocycles. The Morgan fingerprint density at radius 3 is 2.52 bits per heavy atom. The third-order valence-corrected chi connectivity index (χ3v) is 4.90. The topological polar surface area (TPSA) is 41.4 Å². The standard InChI is InChI=1S/C16H26N4O/c21-16(13-15-3-1-2-4-15)20-11-9-18(10-12-20)7-8-19-6-5-17-14-19/h5-6,14-15H,1-4,7-13H2. The van der Waals surface area contributed by atoms with Crippen molar-refractivity contribution in [3.05, 3.63) is 18.7 Å². The van der Waals surface area contributed by atoms with Gasteiger partial charge in [-0.25, -0.2) is 4.98 Å². The van der Waals surface area contributed by atoms with Crippen molar-refractivity contribution < 1.29 is 4.79 Å². The van der Waals surface area contributed by atoms with Crippen LogP contribution in [0.3, 0.4) is 0 Å². The molecule has 5 nitrogen and oxygen atoms in total. The lowest BCUT2D eigenvalue weighted by Gasteiger charge is -2.35. The summed E-state index contributed by atoms with van der Waals surface area (Å²) in [4.78, 5) is 20.9. The molecule has 1 saturated carbocycles. The van der Waals surface area contributed by atoms with Gasteiger partial charge in [0.15, 0.2) is 0 Å². The number of hydrogen-bond donors (Lipinski definition) is 0. The molecule has 1 aromatic heterocycles. The van der Waals surface area contributed by atoms with E-state index in [4.69, 9.17) is 0 Å². The summed E-state index contributed by atoms with van der Waals surface area (Å²) in [5.74, 6) is 1.05. The summed E-state index contributed by atoms with van der Waals surface area (Å²) in [5, 5.41) is 0. The van der Waals surface area contributed by atoms with Crippen LogP contribution in [-0.4, -0.2) is 58.0 Å². The molecular weight excluding hydrogens is 264 g/mol. The molecule has 1 amide bonds. The van der Waals surface area contributed by atoms with E-state index in [2.05, 4.69) is 19.4 Å². The van der Waals surface area contributed by atoms with Crippen LogP contribution in [0.15, 0.2) is 18.7 Å². The lowest BCUT2D eigenvalue weighted by molar-refractivity contribution is -0.133. The molecule has 0 bridgehead atoms. The highest BCUT2D eigenvalue weighted by Crippen LogP contribution is 2.28. The maximum absolute atomic E-state index is 12.3. The van der Waals surface area contributed by atoms with Gasteiger partial charge in [0.05, 0.1) is 6.33 Å². The molecular formula is C16H26N4O. The number of amides is 1. The molecule has 1 saturated heterocycles. The summed E-state index contributed by atoms with van der Waals surface area (Å²) in [6, 6.07) is 0. The minimum Gasteiger partial charge on any atom is -0.340 e. The first kappa shape index (κ1) is 14.6. The molecule has 0 N–H and O–H groups in total. The Morgan fingerprint density at radius 2 is 1.86 bits per heavy atom. The van der Waals surface area contributed by atoms with Gasteiger partial charge in [-0.05, 0) is 18.8 Å². The van der Waals surface area contributed by atoms with E-state index in [9.17, 15) is 4.79 Å². The Labute approximate surface area is 126 Å². The van der Waals surface area contributed by atoms with Crippen LogP contribution in [0.25, 0.3) is 0 Å². The minimum absolute atomic E-state index is 0.385. The number of hydrogen-bond acceptors (Lipinski definition) is 3. The van der Waals surface area contributed by atoms with Crippen molar-refractivity contribution in [2.24, 2.45) is 5.92 Å². The van der Waals surface area contributed by atoms with Crippen LogP contribution in [0.1, 0.15) is 32.1 Å². The molecule has 0 spiro atoms. The third-order valence-electron chi connectivity index (χ3n) is 4.90. The Kier molecular flexibility index (Phi) is 4.91. The molecule has 3 rings (SSSR count). The van der Waals surface area contributed by atoms with Crippen molar-refractivity contribution in [3.8, 4) is 0 Å². The molecule has 0 aromatic carbocycles. The molecule has 0 radical (unpaired) electrons. The average Bonchev–Trinajstić information content (AvgIpc) is 3.19. The first-order valence-corrected chi connectivity index (χ1v) is 8.27. The zero-order valence-electron chi connectivity index (χ0n) is 12.8. The summed E-state index contributed by atoms with van der Waals surface area (Å²) in [5.41, 5.74) is 0. The summed E-state index contributed by atoms with van der Waals surface area (Å²) >= 11 is 0. The van der Waals surface area contributed by atoms with Crippen molar-refractivity contribution in [1.82, 2.24) is 19.4 Å². The normalized spacial score (nSPS) is 21.0. The van der Waals surface area contributed by atoms with E-state index in [-0.39, 0.29) is 0 Å². The zero-order chi connectivity index (χ0) is 14.5. The quantitative estimate of drug-likeness (QED) is 0.827. The molecule has 5 heteroatoms. The predicted molar refractivity (Wildman–Crippen MR) is 81.8 cm³/mol. The minimum atomic E-state index is 0.385. The largest absolute Gasteiger partial charge is 0.340 e. The van der Waals surface area contributed by atoms with Gasteiger partial charge >= 0.3 is 0 Å². The SMILES string of the molecule is O=C(CC1CCCC1)N1CCN(CCn2ccnc2)CC1. The molecule has 2 aliphatic rings. The zero-order valence-corrected chi connectivity index (χ0v) is 12.8. The predicted octanol–water partition coefficient (Wildman–Crippen LogP) is 1.61. The van der Waals surface area contributed by atoms with Crippen molar-refractivity contribution in [2.45, 2.75) is 38.6 Å². The van der Waals surface area contributed by atoms with Gasteiger partial charge in [0.2, 0.25) is 5.91 Å². The summed E-state index contributed by atoms with van der Waals surface area (Å²) in [6.45, 7) is 5.83. The number of carbonyl (C=O) groups excluding carboxylic acids is 1. The van der Waals surface area contributed by atoms with Crippen LogP contribution in [0.2, 0.25) is 0 Å². The van der Waals surface area contributed by atoms with Gasteiger partial charge in [-0.15, -0.1) is 0 Å². The fourth-order valence-electron chi connectivity index (χ4n) is 3.49. The highest BCUT2D eigenvalue weighted by Gasteiger charge is 2.24. The first-order valence-electron chi connectivity index (χ1n) is 8.27. The summed E-state index contributed by atoms with van der Waals surface area (Å²) in [6.07, 6.45) is 11.6. The third kappa shape index (κ3) is 4.06. The van der Waals surface area contributed by atoms with E-state index in [0.717, 1.165) is 45.7 Å². The second-order valence-electron chi connectivity index (χ2n) is 6.38. The second-order valence-corrected chi connectivity index (χ2v) is 6.38. The molecule has 2 heterocycles. The summed E-state index contributed by atoms with van der Waals surface area (Å²) in [7, 11) is 0. The first-order chi connectivity index (χ1) is 10.3. The van der Waals surface area contributed by atoms with Crippen LogP contribution in [0.4, 0.5) is 0 Å². The van der Waals surface area contributed by atoms with Crippen molar-refractivity contribution in [2.75, 3.05) is 32.7 Å². The van der Waals surface area contributed by atoms with Gasteiger partial charge in [-0.2, -0.15) is 0 Å². The van der Waals surface area contributed by atoms with Crippen molar-refractivity contribution in [1.29, 1.82) is 0 Å². The van der Waals surface area contributed by atoms with Gasteiger partial charge in [-0.1, -0.05) is 12.8 Å². The van der Waals surface area contributed by atoms with Crippen LogP contribution < -0.4 is 0 Å². The smallest absolute Gasteiger partial charge is 0.222 e. The van der Waals surface area contributed by atoms with E-state index in [1.807, 2.05) is 18.7 Å². The van der Waals surface area contributed by atoms with Gasteiger partial charge in [0.25, 0.3) is 0 Å². The highest BCUT2D eigenvalue weighted by atomic mass is 16.2. The number of imidazole rings is 1. The number of piperazine rings is 1. The highest BCUT2D eigenvalue weighted by molar-refractivity contribution is 5.76. The monoisotopic (exact) mass is 290 g/mol. The Hall–Kier alpha value is -1.36. The Morgan fingerprint density at radius 1 is 1.10 bits per heavy atom. The van der Waals surface area contributed by atoms with Crippen LogP contribution in [-0.2, 0) is 11.3 Å². The Bertz CT molecular complexity index is 431. The number of rotatable bonds is 5. The van der Waals surface area contributed by atoms with E-state index in [0.29, 0.717) is 11.8 Å². The van der Waals surface area contributed by atoms with E-state index in [1.54, 1.807) is 0 Å². The van der Waals surface area contributed by atoms with Crippen LogP contribution in [0.5, 0.6) is 0 Å². The number of carbonyl (C=O) groups is 1. The van der Waals surface area contributed by atoms with Gasteiger partial charge in [0, 0.05) is 58.1 Å². The number of nitrogens with zero attached hydrogens (tertiary/aromatic N) is 4. The van der Waals surface area contributed by atoms with Crippen LogP contribution in [0, 0.1) is 5.92 Å². The van der Waals surface area contributed by atoms with Gasteiger partial charge < -0.3 is 9.47 Å².